The van der Waals surface area contributed by atoms with Crippen LogP contribution in [-0.2, 0) is 21.9 Å². The van der Waals surface area contributed by atoms with Crippen molar-refractivity contribution in [3.8, 4) is 0 Å². The molecular formula is C21H14F6O2. The van der Waals surface area contributed by atoms with Crippen LogP contribution in [0.25, 0.3) is 12.2 Å². The lowest BCUT2D eigenvalue weighted by atomic mass is 9.95. The number of alkyl halides is 6. The van der Waals surface area contributed by atoms with Crippen LogP contribution in [0.2, 0.25) is 0 Å². The zero-order valence-electron chi connectivity index (χ0n) is 14.8. The predicted octanol–water partition coefficient (Wildman–Crippen LogP) is 5.79. The highest BCUT2D eigenvalue weighted by atomic mass is 19.4. The average Bonchev–Trinajstić information content (AvgIpc) is 2.64. The summed E-state index contributed by atoms with van der Waals surface area (Å²) in [6.45, 7) is -0.466. The van der Waals surface area contributed by atoms with Crippen molar-refractivity contribution < 1.29 is 35.9 Å². The zero-order chi connectivity index (χ0) is 21.2. The Balaban J connectivity index is 2.00. The molecule has 0 aromatic heterocycles. The highest BCUT2D eigenvalue weighted by Gasteiger charge is 2.34. The summed E-state index contributed by atoms with van der Waals surface area (Å²) in [6.07, 6.45) is -7.10. The van der Waals surface area contributed by atoms with Gasteiger partial charge in [-0.15, -0.1) is 0 Å². The summed E-state index contributed by atoms with van der Waals surface area (Å²) in [5, 5.41) is 0. The van der Waals surface area contributed by atoms with E-state index in [1.165, 1.54) is 36.4 Å². The number of ether oxygens (including phenoxy) is 1. The van der Waals surface area contributed by atoms with Crippen molar-refractivity contribution in [1.82, 2.24) is 0 Å². The number of hydrogen-bond acceptors (Lipinski definition) is 2. The topological polar surface area (TPSA) is 26.3 Å². The number of halogens is 6. The number of carbonyl (C=O) groups excluding carboxylic acids is 1. The normalized spacial score (nSPS) is 18.5. The molecule has 0 atom stereocenters. The number of carbonyl (C=O) groups is 1. The number of Topliss-reactive ketones (excluding diaryl/α,β-unsaturated/α-hetero) is 1. The van der Waals surface area contributed by atoms with Crippen LogP contribution < -0.4 is 0 Å². The molecule has 0 N–H and O–H groups in total. The molecule has 0 bridgehead atoms. The molecular weight excluding hydrogens is 398 g/mol. The van der Waals surface area contributed by atoms with Gasteiger partial charge < -0.3 is 4.74 Å². The number of hydrogen-bond donors (Lipinski definition) is 0. The molecule has 8 heteroatoms. The van der Waals surface area contributed by atoms with E-state index in [0.29, 0.717) is 0 Å². The van der Waals surface area contributed by atoms with Crippen molar-refractivity contribution in [2.75, 3.05) is 13.2 Å². The van der Waals surface area contributed by atoms with Crippen LogP contribution in [0.3, 0.4) is 0 Å². The van der Waals surface area contributed by atoms with E-state index in [9.17, 15) is 31.1 Å². The molecule has 0 saturated carbocycles. The Morgan fingerprint density at radius 1 is 0.690 bits per heavy atom. The molecule has 29 heavy (non-hydrogen) atoms. The van der Waals surface area contributed by atoms with Crippen LogP contribution in [0.15, 0.2) is 59.7 Å². The first-order chi connectivity index (χ1) is 13.6. The molecule has 0 aliphatic carbocycles. The van der Waals surface area contributed by atoms with E-state index < -0.39 is 29.3 Å². The smallest absolute Gasteiger partial charge is 0.372 e. The van der Waals surface area contributed by atoms with Crippen molar-refractivity contribution in [3.05, 3.63) is 81.9 Å². The number of ketones is 1. The maximum Gasteiger partial charge on any atom is 0.416 e. The standard InChI is InChI=1S/C21H14F6O2/c22-20(23,24)17-7-3-1-5-13(17)9-15-11-29-12-16(19(15)28)10-14-6-2-4-8-18(14)21(25,26)27/h1-10H,11-12H2. The maximum absolute atomic E-state index is 13.2. The Bertz CT molecular complexity index is 906. The Morgan fingerprint density at radius 2 is 1.07 bits per heavy atom. The molecule has 0 spiro atoms. The summed E-state index contributed by atoms with van der Waals surface area (Å²) in [5.41, 5.74) is -2.40. The summed E-state index contributed by atoms with van der Waals surface area (Å²) in [4.78, 5) is 12.7. The van der Waals surface area contributed by atoms with Gasteiger partial charge in [0.25, 0.3) is 0 Å². The van der Waals surface area contributed by atoms with E-state index in [0.717, 1.165) is 24.3 Å². The molecule has 152 valence electrons. The Morgan fingerprint density at radius 3 is 1.45 bits per heavy atom. The van der Waals surface area contributed by atoms with Crippen LogP contribution in [0.5, 0.6) is 0 Å². The largest absolute Gasteiger partial charge is 0.416 e. The molecule has 0 unspecified atom stereocenters. The summed E-state index contributed by atoms with van der Waals surface area (Å²) in [6, 6.07) is 9.43. The van der Waals surface area contributed by atoms with Gasteiger partial charge in [-0.25, -0.2) is 0 Å². The molecule has 1 aliphatic rings. The monoisotopic (exact) mass is 412 g/mol. The second-order valence-electron chi connectivity index (χ2n) is 6.33. The summed E-state index contributed by atoms with van der Waals surface area (Å²) in [5.74, 6) is -0.648. The van der Waals surface area contributed by atoms with Gasteiger partial charge >= 0.3 is 12.4 Å². The summed E-state index contributed by atoms with van der Waals surface area (Å²) in [7, 11) is 0. The first-order valence-corrected chi connectivity index (χ1v) is 8.43. The van der Waals surface area contributed by atoms with Gasteiger partial charge in [0.1, 0.15) is 0 Å². The van der Waals surface area contributed by atoms with Crippen molar-refractivity contribution in [2.24, 2.45) is 0 Å². The minimum absolute atomic E-state index is 0.0660. The van der Waals surface area contributed by atoms with Crippen LogP contribution in [0, 0.1) is 0 Å². The lowest BCUT2D eigenvalue weighted by Crippen LogP contribution is -2.22. The van der Waals surface area contributed by atoms with Gasteiger partial charge in [0.15, 0.2) is 5.78 Å². The first kappa shape index (κ1) is 20.9. The molecule has 1 saturated heterocycles. The molecule has 1 fully saturated rings. The summed E-state index contributed by atoms with van der Waals surface area (Å²) >= 11 is 0. The lowest BCUT2D eigenvalue weighted by Gasteiger charge is -2.19. The van der Waals surface area contributed by atoms with Crippen molar-refractivity contribution in [1.29, 1.82) is 0 Å². The molecule has 1 aliphatic heterocycles. The van der Waals surface area contributed by atoms with E-state index in [4.69, 9.17) is 4.74 Å². The minimum atomic E-state index is -4.61. The van der Waals surface area contributed by atoms with E-state index >= 15 is 0 Å². The lowest BCUT2D eigenvalue weighted by molar-refractivity contribution is -0.138. The molecule has 2 nitrogen and oxygen atoms in total. The van der Waals surface area contributed by atoms with Gasteiger partial charge in [-0.3, -0.25) is 4.79 Å². The first-order valence-electron chi connectivity index (χ1n) is 8.43. The fraction of sp³-hybridized carbons (Fsp3) is 0.190. The fourth-order valence-electron chi connectivity index (χ4n) is 2.96. The van der Waals surface area contributed by atoms with Crippen LogP contribution in [0.1, 0.15) is 22.3 Å². The predicted molar refractivity (Wildman–Crippen MR) is 94.7 cm³/mol. The van der Waals surface area contributed by atoms with Gasteiger partial charge in [0.05, 0.1) is 24.3 Å². The fourth-order valence-corrected chi connectivity index (χ4v) is 2.96. The van der Waals surface area contributed by atoms with Crippen LogP contribution in [0.4, 0.5) is 26.3 Å². The molecule has 2 aromatic rings. The van der Waals surface area contributed by atoms with Gasteiger partial charge in [0, 0.05) is 11.1 Å². The highest BCUT2D eigenvalue weighted by molar-refractivity contribution is 6.14. The minimum Gasteiger partial charge on any atom is -0.372 e. The second-order valence-corrected chi connectivity index (χ2v) is 6.33. The van der Waals surface area contributed by atoms with Crippen LogP contribution >= 0.6 is 0 Å². The van der Waals surface area contributed by atoms with E-state index in [1.54, 1.807) is 0 Å². The Labute approximate surface area is 162 Å². The van der Waals surface area contributed by atoms with Crippen LogP contribution in [-0.4, -0.2) is 19.0 Å². The second kappa shape index (κ2) is 7.87. The summed E-state index contributed by atoms with van der Waals surface area (Å²) < 4.78 is 84.2. The van der Waals surface area contributed by atoms with Crippen molar-refractivity contribution >= 4 is 17.9 Å². The molecule has 1 heterocycles. The molecule has 0 radical (unpaired) electrons. The molecule has 3 rings (SSSR count). The zero-order valence-corrected chi connectivity index (χ0v) is 14.8. The average molecular weight is 412 g/mol. The molecule has 0 amide bonds. The SMILES string of the molecule is O=C1C(=Cc2ccccc2C(F)(F)F)COCC1=Cc1ccccc1C(F)(F)F. The van der Waals surface area contributed by atoms with Gasteiger partial charge in [-0.1, -0.05) is 36.4 Å². The van der Waals surface area contributed by atoms with E-state index in [2.05, 4.69) is 0 Å². The number of benzene rings is 2. The van der Waals surface area contributed by atoms with E-state index in [-0.39, 0.29) is 35.5 Å². The maximum atomic E-state index is 13.2. The third-order valence-electron chi connectivity index (χ3n) is 4.29. The van der Waals surface area contributed by atoms with Crippen molar-refractivity contribution in [2.45, 2.75) is 12.4 Å². The van der Waals surface area contributed by atoms with Gasteiger partial charge in [-0.05, 0) is 35.4 Å². The van der Waals surface area contributed by atoms with Gasteiger partial charge in [-0.2, -0.15) is 26.3 Å². The highest BCUT2D eigenvalue weighted by Crippen LogP contribution is 2.35. The van der Waals surface area contributed by atoms with Gasteiger partial charge in [0.2, 0.25) is 0 Å². The third-order valence-corrected chi connectivity index (χ3v) is 4.29. The Hall–Kier alpha value is -2.87. The third kappa shape index (κ3) is 4.76. The Kier molecular flexibility index (Phi) is 5.66. The number of rotatable bonds is 2. The molecule has 2 aromatic carbocycles. The van der Waals surface area contributed by atoms with E-state index in [1.807, 2.05) is 0 Å². The van der Waals surface area contributed by atoms with Crippen molar-refractivity contribution in [3.63, 3.8) is 0 Å². The quantitative estimate of drug-likeness (QED) is 0.461.